The predicted molar refractivity (Wildman–Crippen MR) is 155 cm³/mol. The number of aromatic nitrogens is 1. The van der Waals surface area contributed by atoms with E-state index >= 15 is 0 Å². The maximum absolute atomic E-state index is 13.8. The fraction of sp³-hybridized carbons (Fsp3) is 0.281. The molecule has 2 bridgehead atoms. The molecule has 206 valence electrons. The zero-order chi connectivity index (χ0) is 27.8. The number of anilines is 1. The van der Waals surface area contributed by atoms with Crippen molar-refractivity contribution in [2.75, 3.05) is 4.90 Å². The highest BCUT2D eigenvalue weighted by Crippen LogP contribution is 2.68. The Kier molecular flexibility index (Phi) is 5.76. The third kappa shape index (κ3) is 3.85. The van der Waals surface area contributed by atoms with Crippen molar-refractivity contribution in [3.8, 4) is 5.75 Å². The van der Waals surface area contributed by atoms with Gasteiger partial charge in [-0.2, -0.15) is 0 Å². The molecule has 9 heteroatoms. The van der Waals surface area contributed by atoms with Gasteiger partial charge in [-0.15, -0.1) is 11.8 Å². The van der Waals surface area contributed by atoms with Crippen molar-refractivity contribution in [2.24, 2.45) is 29.6 Å². The number of amides is 2. The lowest BCUT2D eigenvalue weighted by molar-refractivity contribution is -0.123. The van der Waals surface area contributed by atoms with Gasteiger partial charge < -0.3 is 9.72 Å². The van der Waals surface area contributed by atoms with E-state index in [1.807, 2.05) is 42.5 Å². The van der Waals surface area contributed by atoms with Crippen LogP contribution in [0.3, 0.4) is 0 Å². The van der Waals surface area contributed by atoms with Crippen LogP contribution in [0.1, 0.15) is 28.3 Å². The van der Waals surface area contributed by atoms with Crippen LogP contribution in [0.4, 0.5) is 10.1 Å². The second kappa shape index (κ2) is 9.42. The number of thioether (sulfide) groups is 1. The summed E-state index contributed by atoms with van der Waals surface area (Å²) < 4.78 is 19.6. The summed E-state index contributed by atoms with van der Waals surface area (Å²) in [5.41, 5.74) is 2.60. The molecule has 3 aromatic carbocycles. The molecule has 1 aromatic heterocycles. The quantitative estimate of drug-likeness (QED) is 0.299. The van der Waals surface area contributed by atoms with Crippen LogP contribution < -0.4 is 14.5 Å². The van der Waals surface area contributed by atoms with E-state index in [1.54, 1.807) is 11.8 Å². The van der Waals surface area contributed by atoms with Crippen LogP contribution in [0.25, 0.3) is 0 Å². The Hall–Kier alpha value is -3.69. The Bertz CT molecular complexity index is 1720. The van der Waals surface area contributed by atoms with Crippen molar-refractivity contribution in [1.29, 1.82) is 0 Å². The predicted octanol–water partition coefficient (Wildman–Crippen LogP) is 5.83. The maximum atomic E-state index is 13.8. The number of carbonyl (C=O) groups is 2. The Balaban J connectivity index is 1.13. The number of hydrogen-bond acceptors (Lipinski definition) is 6. The lowest BCUT2D eigenvalue weighted by atomic mass is 9.68. The van der Waals surface area contributed by atoms with E-state index < -0.39 is 11.7 Å². The van der Waals surface area contributed by atoms with Crippen molar-refractivity contribution in [3.05, 3.63) is 110 Å². The molecule has 3 heterocycles. The molecule has 1 N–H and O–H groups in total. The standard InChI is InChI=1S/C32H25FN2O4S2/c33-18-8-10-19(11-9-18)35-30(36)25-21-14-22(26(25)31(35)37)27-24(21)23(28-29(40-27)34-32(38)41-28)17-6-12-20(13-7-17)39-15-16-4-2-1-3-5-16/h1-13,21-27H,14-15H2,(H,34,38)/t21?,22?,23-,24?,25?,26?,27?/m1/s1. The summed E-state index contributed by atoms with van der Waals surface area (Å²) in [6, 6.07) is 23.7. The first kappa shape index (κ1) is 25.1. The molecule has 4 aliphatic rings. The van der Waals surface area contributed by atoms with Crippen molar-refractivity contribution >= 4 is 40.6 Å². The third-order valence-electron chi connectivity index (χ3n) is 9.30. The summed E-state index contributed by atoms with van der Waals surface area (Å²) in [6.45, 7) is 0.474. The smallest absolute Gasteiger partial charge is 0.305 e. The lowest BCUT2D eigenvalue weighted by Crippen LogP contribution is -2.42. The molecule has 41 heavy (non-hydrogen) atoms. The number of rotatable bonds is 5. The van der Waals surface area contributed by atoms with Crippen molar-refractivity contribution < 1.29 is 18.7 Å². The molecular weight excluding hydrogens is 559 g/mol. The highest BCUT2D eigenvalue weighted by atomic mass is 32.2. The lowest BCUT2D eigenvalue weighted by Gasteiger charge is -2.43. The van der Waals surface area contributed by atoms with Gasteiger partial charge in [0, 0.05) is 16.0 Å². The monoisotopic (exact) mass is 584 g/mol. The number of carbonyl (C=O) groups excluding carboxylic acids is 2. The van der Waals surface area contributed by atoms with Crippen molar-refractivity contribution in [1.82, 2.24) is 4.98 Å². The number of aromatic amines is 1. The van der Waals surface area contributed by atoms with E-state index in [0.29, 0.717) is 12.3 Å². The Morgan fingerprint density at radius 3 is 2.32 bits per heavy atom. The summed E-state index contributed by atoms with van der Waals surface area (Å²) >= 11 is 2.91. The molecule has 0 spiro atoms. The van der Waals surface area contributed by atoms with Crippen LogP contribution in [0, 0.1) is 35.4 Å². The number of H-pyrrole nitrogens is 1. The highest BCUT2D eigenvalue weighted by molar-refractivity contribution is 8.00. The van der Waals surface area contributed by atoms with E-state index in [-0.39, 0.29) is 51.5 Å². The minimum Gasteiger partial charge on any atom is -0.489 e. The van der Waals surface area contributed by atoms with Crippen LogP contribution >= 0.6 is 23.1 Å². The van der Waals surface area contributed by atoms with Gasteiger partial charge in [0.1, 0.15) is 18.2 Å². The number of imide groups is 1. The van der Waals surface area contributed by atoms with E-state index in [9.17, 15) is 18.8 Å². The summed E-state index contributed by atoms with van der Waals surface area (Å²) in [6.07, 6.45) is 0.820. The fourth-order valence-corrected chi connectivity index (χ4v) is 10.6. The molecule has 6 unspecified atom stereocenters. The first-order chi connectivity index (χ1) is 20.0. The zero-order valence-electron chi connectivity index (χ0n) is 21.7. The molecule has 4 aromatic rings. The van der Waals surface area contributed by atoms with E-state index in [2.05, 4.69) is 17.1 Å². The van der Waals surface area contributed by atoms with E-state index in [1.165, 1.54) is 40.5 Å². The highest BCUT2D eigenvalue weighted by Gasteiger charge is 2.69. The summed E-state index contributed by atoms with van der Waals surface area (Å²) in [4.78, 5) is 45.3. The van der Waals surface area contributed by atoms with Crippen LogP contribution in [0.5, 0.6) is 5.75 Å². The number of halogens is 1. The molecular formula is C32H25FN2O4S2. The third-order valence-corrected chi connectivity index (χ3v) is 11.9. The molecule has 0 radical (unpaired) electrons. The van der Waals surface area contributed by atoms with Gasteiger partial charge in [0.25, 0.3) is 0 Å². The van der Waals surface area contributed by atoms with E-state index in [0.717, 1.165) is 33.2 Å². The van der Waals surface area contributed by atoms with Crippen molar-refractivity contribution in [3.63, 3.8) is 0 Å². The number of nitrogens with zero attached hydrogens (tertiary/aromatic N) is 1. The van der Waals surface area contributed by atoms with Crippen LogP contribution in [-0.2, 0) is 16.2 Å². The summed E-state index contributed by atoms with van der Waals surface area (Å²) in [5.74, 6) is -0.661. The summed E-state index contributed by atoms with van der Waals surface area (Å²) in [7, 11) is 0. The molecule has 6 nitrogen and oxygen atoms in total. The van der Waals surface area contributed by atoms with Gasteiger partial charge in [-0.25, -0.2) is 4.39 Å². The molecule has 2 aliphatic heterocycles. The number of thiazole rings is 1. The number of ether oxygens (including phenoxy) is 1. The Labute approximate surface area is 243 Å². The first-order valence-corrected chi connectivity index (χ1v) is 15.5. The van der Waals surface area contributed by atoms with Gasteiger partial charge in [0.2, 0.25) is 11.8 Å². The second-order valence-corrected chi connectivity index (χ2v) is 13.5. The first-order valence-electron chi connectivity index (χ1n) is 13.8. The van der Waals surface area contributed by atoms with Gasteiger partial charge >= 0.3 is 4.87 Å². The van der Waals surface area contributed by atoms with E-state index in [4.69, 9.17) is 4.74 Å². The average molecular weight is 585 g/mol. The molecule has 3 fully saturated rings. The molecule has 2 saturated carbocycles. The van der Waals surface area contributed by atoms with Gasteiger partial charge in [-0.1, -0.05) is 53.8 Å². The Morgan fingerprint density at radius 2 is 1.59 bits per heavy atom. The van der Waals surface area contributed by atoms with Crippen molar-refractivity contribution in [2.45, 2.75) is 29.2 Å². The minimum absolute atomic E-state index is 0.0220. The topological polar surface area (TPSA) is 79.5 Å². The number of fused-ring (bicyclic) bond motifs is 9. The van der Waals surface area contributed by atoms with Gasteiger partial charge in [-0.05, 0) is 71.7 Å². The molecule has 8 rings (SSSR count). The van der Waals surface area contributed by atoms with Crippen LogP contribution in [-0.4, -0.2) is 22.0 Å². The van der Waals surface area contributed by atoms with Crippen LogP contribution in [0.2, 0.25) is 0 Å². The largest absolute Gasteiger partial charge is 0.489 e. The number of benzene rings is 3. The normalized spacial score (nSPS) is 29.4. The van der Waals surface area contributed by atoms with Crippen LogP contribution in [0.15, 0.2) is 88.7 Å². The molecule has 1 saturated heterocycles. The number of hydrogen-bond donors (Lipinski definition) is 1. The molecule has 2 amide bonds. The average Bonchev–Trinajstić information content (AvgIpc) is 3.72. The SMILES string of the molecule is O=C1C2C3CC(C2C(=O)N1c1ccc(F)cc1)C1C3Sc2[nH]c(=O)sc2[C@@H]1c1ccc(OCc2ccccc2)cc1. The van der Waals surface area contributed by atoms with Gasteiger partial charge in [0.05, 0.1) is 22.5 Å². The Morgan fingerprint density at radius 1 is 0.878 bits per heavy atom. The van der Waals surface area contributed by atoms with Gasteiger partial charge in [0.15, 0.2) is 0 Å². The molecule has 7 atom stereocenters. The zero-order valence-corrected chi connectivity index (χ0v) is 23.4. The second-order valence-electron chi connectivity index (χ2n) is 11.3. The number of nitrogens with one attached hydrogen (secondary N) is 1. The fourth-order valence-electron chi connectivity index (χ4n) is 7.75. The maximum Gasteiger partial charge on any atom is 0.305 e. The minimum atomic E-state index is -0.407. The van der Waals surface area contributed by atoms with Gasteiger partial charge in [-0.3, -0.25) is 19.3 Å². The molecule has 2 aliphatic carbocycles. The summed E-state index contributed by atoms with van der Waals surface area (Å²) in [5, 5.41) is 0.995.